The second kappa shape index (κ2) is 6.82. The third kappa shape index (κ3) is 4.46. The summed E-state index contributed by atoms with van der Waals surface area (Å²) in [5.74, 6) is 0.697. The zero-order valence-electron chi connectivity index (χ0n) is 13.1. The zero-order chi connectivity index (χ0) is 15.5. The Balaban J connectivity index is 1.99. The largest absolute Gasteiger partial charge is 0.497 e. The van der Waals surface area contributed by atoms with Crippen LogP contribution in [0.3, 0.4) is 0 Å². The first-order chi connectivity index (χ1) is 9.91. The van der Waals surface area contributed by atoms with Gasteiger partial charge in [0.05, 0.1) is 19.8 Å². The van der Waals surface area contributed by atoms with Gasteiger partial charge < -0.3 is 19.5 Å². The van der Waals surface area contributed by atoms with Gasteiger partial charge in [-0.2, -0.15) is 0 Å². The molecule has 0 atom stereocenters. The molecular formula is C16H25BO4. The van der Waals surface area contributed by atoms with Crippen molar-refractivity contribution in [2.45, 2.75) is 52.2 Å². The predicted molar refractivity (Wildman–Crippen MR) is 83.6 cm³/mol. The second-order valence-corrected chi connectivity index (χ2v) is 6.61. The lowest BCUT2D eigenvalue weighted by Gasteiger charge is -2.34. The molecule has 4 nitrogen and oxygen atoms in total. The van der Waals surface area contributed by atoms with E-state index >= 15 is 0 Å². The number of benzene rings is 1. The molecule has 0 aliphatic heterocycles. The molecule has 0 heterocycles. The van der Waals surface area contributed by atoms with Gasteiger partial charge in [-0.1, -0.05) is 19.9 Å². The van der Waals surface area contributed by atoms with Crippen LogP contribution in [0.2, 0.25) is 0 Å². The van der Waals surface area contributed by atoms with Crippen LogP contribution < -0.4 is 10.2 Å². The molecule has 0 bridgehead atoms. The lowest BCUT2D eigenvalue weighted by atomic mass is 9.76. The van der Waals surface area contributed by atoms with E-state index in [4.69, 9.17) is 9.47 Å². The Bertz CT molecular complexity index is 463. The van der Waals surface area contributed by atoms with Crippen LogP contribution in [0.5, 0.6) is 5.75 Å². The van der Waals surface area contributed by atoms with Gasteiger partial charge in [0.25, 0.3) is 0 Å². The Morgan fingerprint density at radius 2 is 1.90 bits per heavy atom. The van der Waals surface area contributed by atoms with Crippen LogP contribution in [0.1, 0.15) is 45.1 Å². The Morgan fingerprint density at radius 3 is 2.48 bits per heavy atom. The summed E-state index contributed by atoms with van der Waals surface area (Å²) in [6.45, 7) is 4.98. The summed E-state index contributed by atoms with van der Waals surface area (Å²) in [5.41, 5.74) is 1.67. The Kier molecular flexibility index (Phi) is 5.30. The smallest absolute Gasteiger partial charge is 0.488 e. The quantitative estimate of drug-likeness (QED) is 0.813. The first-order valence-corrected chi connectivity index (χ1v) is 7.56. The van der Waals surface area contributed by atoms with Crippen LogP contribution in [0.4, 0.5) is 0 Å². The van der Waals surface area contributed by atoms with E-state index in [0.717, 1.165) is 18.4 Å². The molecule has 0 unspecified atom stereocenters. The SMILES string of the molecule is COc1ccc(B(O)O)c(COC2CCC(C)(C)CC2)c1. The molecule has 2 rings (SSSR count). The molecule has 1 aromatic carbocycles. The number of methoxy groups -OCH3 is 1. The standard InChI is InChI=1S/C16H25BO4/c1-16(2)8-6-13(7-9-16)21-11-12-10-14(20-3)4-5-15(12)17(18)19/h4-5,10,13,18-19H,6-9,11H2,1-3H3. The van der Waals surface area contributed by atoms with Gasteiger partial charge in [0.2, 0.25) is 0 Å². The van der Waals surface area contributed by atoms with Crippen LogP contribution >= 0.6 is 0 Å². The highest BCUT2D eigenvalue weighted by Gasteiger charge is 2.27. The molecule has 116 valence electrons. The average Bonchev–Trinajstić information content (AvgIpc) is 2.45. The van der Waals surface area contributed by atoms with E-state index in [-0.39, 0.29) is 6.10 Å². The van der Waals surface area contributed by atoms with E-state index in [9.17, 15) is 10.0 Å². The fourth-order valence-electron chi connectivity index (χ4n) is 2.83. The van der Waals surface area contributed by atoms with E-state index in [1.165, 1.54) is 12.8 Å². The van der Waals surface area contributed by atoms with Gasteiger partial charge in [0.1, 0.15) is 5.75 Å². The van der Waals surface area contributed by atoms with Crippen LogP contribution in [0, 0.1) is 5.41 Å². The molecule has 0 aromatic heterocycles. The minimum atomic E-state index is -1.49. The van der Waals surface area contributed by atoms with E-state index < -0.39 is 7.12 Å². The number of hydrogen-bond donors (Lipinski definition) is 2. The van der Waals surface area contributed by atoms with E-state index in [0.29, 0.717) is 23.2 Å². The van der Waals surface area contributed by atoms with Gasteiger partial charge in [-0.3, -0.25) is 0 Å². The van der Waals surface area contributed by atoms with Gasteiger partial charge in [-0.05, 0) is 54.3 Å². The summed E-state index contributed by atoms with van der Waals surface area (Å²) in [7, 11) is 0.109. The minimum absolute atomic E-state index is 0.257. The summed E-state index contributed by atoms with van der Waals surface area (Å²) in [6, 6.07) is 5.20. The number of rotatable bonds is 5. The van der Waals surface area contributed by atoms with Gasteiger partial charge >= 0.3 is 7.12 Å². The molecule has 1 aliphatic rings. The first-order valence-electron chi connectivity index (χ1n) is 7.56. The number of ether oxygens (including phenoxy) is 2. The van der Waals surface area contributed by atoms with Crippen molar-refractivity contribution in [3.05, 3.63) is 23.8 Å². The molecule has 0 spiro atoms. The Morgan fingerprint density at radius 1 is 1.24 bits per heavy atom. The fraction of sp³-hybridized carbons (Fsp3) is 0.625. The highest BCUT2D eigenvalue weighted by atomic mass is 16.5. The van der Waals surface area contributed by atoms with Crippen molar-refractivity contribution in [3.8, 4) is 5.75 Å². The topological polar surface area (TPSA) is 58.9 Å². The highest BCUT2D eigenvalue weighted by molar-refractivity contribution is 6.59. The average molecular weight is 292 g/mol. The lowest BCUT2D eigenvalue weighted by molar-refractivity contribution is -0.00539. The first kappa shape index (κ1) is 16.3. The molecule has 0 radical (unpaired) electrons. The summed E-state index contributed by atoms with van der Waals surface area (Å²) < 4.78 is 11.2. The van der Waals surface area contributed by atoms with Crippen LogP contribution in [0.15, 0.2) is 18.2 Å². The maximum absolute atomic E-state index is 9.43. The van der Waals surface area contributed by atoms with Gasteiger partial charge in [0.15, 0.2) is 0 Å². The third-order valence-corrected chi connectivity index (χ3v) is 4.39. The predicted octanol–water partition coefficient (Wildman–Crippen LogP) is 1.86. The van der Waals surface area contributed by atoms with Crippen molar-refractivity contribution < 1.29 is 19.5 Å². The van der Waals surface area contributed by atoms with Gasteiger partial charge in [-0.15, -0.1) is 0 Å². The summed E-state index contributed by atoms with van der Waals surface area (Å²) in [4.78, 5) is 0. The molecule has 21 heavy (non-hydrogen) atoms. The maximum Gasteiger partial charge on any atom is 0.488 e. The molecule has 0 saturated heterocycles. The monoisotopic (exact) mass is 292 g/mol. The molecule has 1 fully saturated rings. The van der Waals surface area contributed by atoms with Crippen molar-refractivity contribution in [1.29, 1.82) is 0 Å². The Labute approximate surface area is 127 Å². The van der Waals surface area contributed by atoms with Crippen molar-refractivity contribution in [2.24, 2.45) is 5.41 Å². The van der Waals surface area contributed by atoms with Crippen LogP contribution in [0.25, 0.3) is 0 Å². The fourth-order valence-corrected chi connectivity index (χ4v) is 2.83. The second-order valence-electron chi connectivity index (χ2n) is 6.61. The molecule has 1 aliphatic carbocycles. The molecular weight excluding hydrogens is 267 g/mol. The van der Waals surface area contributed by atoms with Gasteiger partial charge in [-0.25, -0.2) is 0 Å². The summed E-state index contributed by atoms with van der Waals surface area (Å²) >= 11 is 0. The van der Waals surface area contributed by atoms with Crippen molar-refractivity contribution in [3.63, 3.8) is 0 Å². The summed E-state index contributed by atoms with van der Waals surface area (Å²) in [5, 5.41) is 18.9. The zero-order valence-corrected chi connectivity index (χ0v) is 13.1. The van der Waals surface area contributed by atoms with Crippen LogP contribution in [-0.2, 0) is 11.3 Å². The highest BCUT2D eigenvalue weighted by Crippen LogP contribution is 2.36. The van der Waals surface area contributed by atoms with E-state index in [1.807, 2.05) is 6.07 Å². The van der Waals surface area contributed by atoms with E-state index in [1.54, 1.807) is 19.2 Å². The molecule has 5 heteroatoms. The van der Waals surface area contributed by atoms with E-state index in [2.05, 4.69) is 13.8 Å². The number of hydrogen-bond acceptors (Lipinski definition) is 4. The third-order valence-electron chi connectivity index (χ3n) is 4.39. The molecule has 0 amide bonds. The summed E-state index contributed by atoms with van der Waals surface area (Å²) in [6.07, 6.45) is 4.73. The lowest BCUT2D eigenvalue weighted by Crippen LogP contribution is -2.34. The maximum atomic E-state index is 9.43. The normalized spacial score (nSPS) is 18.5. The molecule has 2 N–H and O–H groups in total. The molecule has 1 aromatic rings. The van der Waals surface area contributed by atoms with Crippen molar-refractivity contribution >= 4 is 12.6 Å². The van der Waals surface area contributed by atoms with Gasteiger partial charge in [0, 0.05) is 0 Å². The molecule has 1 saturated carbocycles. The van der Waals surface area contributed by atoms with Crippen molar-refractivity contribution in [2.75, 3.05) is 7.11 Å². The minimum Gasteiger partial charge on any atom is -0.497 e. The van der Waals surface area contributed by atoms with Crippen molar-refractivity contribution in [1.82, 2.24) is 0 Å². The van der Waals surface area contributed by atoms with Crippen LogP contribution in [-0.4, -0.2) is 30.4 Å². The Hall–Kier alpha value is -1.04.